The van der Waals surface area contributed by atoms with E-state index in [4.69, 9.17) is 19.8 Å². The molecule has 1 aromatic rings. The molecule has 2 rings (SSSR count). The van der Waals surface area contributed by atoms with Crippen LogP contribution in [-0.4, -0.2) is 30.9 Å². The van der Waals surface area contributed by atoms with Crippen LogP contribution < -0.4 is 11.2 Å². The Balaban J connectivity index is 2.33. The third kappa shape index (κ3) is 2.92. The summed E-state index contributed by atoms with van der Waals surface area (Å²) < 4.78 is 16.9. The molecule has 2 N–H and O–H groups in total. The molecule has 1 aliphatic heterocycles. The Hall–Kier alpha value is -1.53. The number of rotatable bonds is 3. The zero-order valence-electron chi connectivity index (χ0n) is 13.2. The van der Waals surface area contributed by atoms with Gasteiger partial charge in [-0.2, -0.15) is 0 Å². The summed E-state index contributed by atoms with van der Waals surface area (Å²) in [5, 5.41) is 0. The zero-order chi connectivity index (χ0) is 15.8. The second-order valence-corrected chi connectivity index (χ2v) is 6.15. The number of carbonyl (C=O) groups excluding carboxylic acids is 1. The topological polar surface area (TPSA) is 70.8 Å². The molecule has 6 heteroatoms. The van der Waals surface area contributed by atoms with Crippen LogP contribution >= 0.6 is 0 Å². The summed E-state index contributed by atoms with van der Waals surface area (Å²) in [5.74, 6) is -0.379. The second-order valence-electron chi connectivity index (χ2n) is 6.15. The number of hydrogen-bond donors (Lipinski definition) is 1. The molecule has 0 unspecified atom stereocenters. The predicted octanol–water partition coefficient (Wildman–Crippen LogP) is 1.74. The van der Waals surface area contributed by atoms with Crippen LogP contribution in [0.3, 0.4) is 0 Å². The van der Waals surface area contributed by atoms with Gasteiger partial charge in [-0.15, -0.1) is 0 Å². The number of hydrogen-bond acceptors (Lipinski definition) is 5. The van der Waals surface area contributed by atoms with Gasteiger partial charge in [-0.25, -0.2) is 4.79 Å². The Bertz CT molecular complexity index is 541. The Morgan fingerprint density at radius 2 is 1.81 bits per heavy atom. The van der Waals surface area contributed by atoms with E-state index in [2.05, 4.69) is 0 Å². The van der Waals surface area contributed by atoms with Gasteiger partial charge in [0.05, 0.1) is 23.4 Å². The third-order valence-corrected chi connectivity index (χ3v) is 4.11. The first-order valence-corrected chi connectivity index (χ1v) is 7.10. The first kappa shape index (κ1) is 15.9. The molecular formula is C15H22BNO4. The highest BCUT2D eigenvalue weighted by atomic mass is 16.7. The highest BCUT2D eigenvalue weighted by molar-refractivity contribution is 6.64. The number of esters is 1. The minimum absolute atomic E-state index is 0.328. The third-order valence-electron chi connectivity index (χ3n) is 4.11. The average molecular weight is 291 g/mol. The SMILES string of the molecule is CCOC(=O)c1ccc(N)c(B2OC(C)(C)C(C)(C)O2)c1. The molecule has 0 amide bonds. The maximum absolute atomic E-state index is 11.8. The standard InChI is InChI=1S/C15H22BNO4/c1-6-19-13(18)10-7-8-12(17)11(9-10)16-20-14(2,3)15(4,5)21-16/h7-9H,6,17H2,1-5H3. The quantitative estimate of drug-likeness (QED) is 0.522. The van der Waals surface area contributed by atoms with E-state index in [9.17, 15) is 4.79 Å². The van der Waals surface area contributed by atoms with Crippen molar-refractivity contribution in [2.75, 3.05) is 12.3 Å². The Labute approximate surface area is 125 Å². The summed E-state index contributed by atoms with van der Waals surface area (Å²) in [6, 6.07) is 4.99. The average Bonchev–Trinajstić information content (AvgIpc) is 2.59. The number of nitrogens with two attached hydrogens (primary N) is 1. The highest BCUT2D eigenvalue weighted by Crippen LogP contribution is 2.36. The van der Waals surface area contributed by atoms with Crippen LogP contribution in [0.2, 0.25) is 0 Å². The van der Waals surface area contributed by atoms with Crippen molar-refractivity contribution in [1.29, 1.82) is 0 Å². The van der Waals surface area contributed by atoms with Crippen molar-refractivity contribution in [1.82, 2.24) is 0 Å². The van der Waals surface area contributed by atoms with E-state index in [1.54, 1.807) is 25.1 Å². The molecule has 0 aromatic heterocycles. The predicted molar refractivity (Wildman–Crippen MR) is 82.5 cm³/mol. The van der Waals surface area contributed by atoms with Gasteiger partial charge in [-0.3, -0.25) is 0 Å². The molecule has 1 aliphatic rings. The lowest BCUT2D eigenvalue weighted by atomic mass is 9.77. The van der Waals surface area contributed by atoms with E-state index < -0.39 is 18.3 Å². The van der Waals surface area contributed by atoms with Crippen LogP contribution in [0.15, 0.2) is 18.2 Å². The van der Waals surface area contributed by atoms with E-state index in [1.807, 2.05) is 27.7 Å². The highest BCUT2D eigenvalue weighted by Gasteiger charge is 2.52. The molecule has 0 bridgehead atoms. The number of anilines is 1. The van der Waals surface area contributed by atoms with Gasteiger partial charge in [-0.1, -0.05) is 0 Å². The molecule has 1 heterocycles. The minimum Gasteiger partial charge on any atom is -0.462 e. The molecule has 0 atom stereocenters. The Morgan fingerprint density at radius 3 is 2.33 bits per heavy atom. The monoisotopic (exact) mass is 291 g/mol. The van der Waals surface area contributed by atoms with Gasteiger partial charge < -0.3 is 19.8 Å². The molecular weight excluding hydrogens is 269 g/mol. The number of nitrogen functional groups attached to an aromatic ring is 1. The van der Waals surface area contributed by atoms with Crippen LogP contribution in [0.25, 0.3) is 0 Å². The van der Waals surface area contributed by atoms with E-state index in [0.717, 1.165) is 0 Å². The van der Waals surface area contributed by atoms with Gasteiger partial charge in [-0.05, 0) is 52.8 Å². The van der Waals surface area contributed by atoms with E-state index >= 15 is 0 Å². The first-order valence-electron chi connectivity index (χ1n) is 7.10. The Morgan fingerprint density at radius 1 is 1.24 bits per heavy atom. The molecule has 114 valence electrons. The lowest BCUT2D eigenvalue weighted by molar-refractivity contribution is 0.00578. The number of carbonyl (C=O) groups is 1. The molecule has 0 radical (unpaired) electrons. The van der Waals surface area contributed by atoms with Crippen molar-refractivity contribution < 1.29 is 18.8 Å². The maximum Gasteiger partial charge on any atom is 0.496 e. The van der Waals surface area contributed by atoms with E-state index in [1.165, 1.54) is 0 Å². The molecule has 5 nitrogen and oxygen atoms in total. The van der Waals surface area contributed by atoms with Crippen LogP contribution in [0.5, 0.6) is 0 Å². The van der Waals surface area contributed by atoms with Crippen LogP contribution in [0.4, 0.5) is 5.69 Å². The molecule has 1 fully saturated rings. The number of ether oxygens (including phenoxy) is 1. The lowest BCUT2D eigenvalue weighted by Crippen LogP contribution is -2.41. The molecule has 0 saturated carbocycles. The fourth-order valence-electron chi connectivity index (χ4n) is 2.09. The summed E-state index contributed by atoms with van der Waals surface area (Å²) >= 11 is 0. The summed E-state index contributed by atoms with van der Waals surface area (Å²) in [6.45, 7) is 9.98. The second kappa shape index (κ2) is 5.35. The summed E-state index contributed by atoms with van der Waals surface area (Å²) in [5.41, 5.74) is 6.72. The summed E-state index contributed by atoms with van der Waals surface area (Å²) in [7, 11) is -0.593. The fraction of sp³-hybridized carbons (Fsp3) is 0.533. The van der Waals surface area contributed by atoms with Gasteiger partial charge in [0.15, 0.2) is 0 Å². The van der Waals surface area contributed by atoms with Gasteiger partial charge in [0.1, 0.15) is 0 Å². The smallest absolute Gasteiger partial charge is 0.462 e. The Kier molecular flexibility index (Phi) is 4.04. The molecule has 0 aliphatic carbocycles. The van der Waals surface area contributed by atoms with Crippen molar-refractivity contribution >= 4 is 24.2 Å². The molecule has 1 aromatic carbocycles. The van der Waals surface area contributed by atoms with Gasteiger partial charge >= 0.3 is 13.1 Å². The van der Waals surface area contributed by atoms with Crippen molar-refractivity contribution in [3.63, 3.8) is 0 Å². The van der Waals surface area contributed by atoms with Gasteiger partial charge in [0.2, 0.25) is 0 Å². The largest absolute Gasteiger partial charge is 0.496 e. The molecule has 0 spiro atoms. The van der Waals surface area contributed by atoms with Crippen LogP contribution in [0.1, 0.15) is 45.0 Å². The van der Waals surface area contributed by atoms with Crippen LogP contribution in [-0.2, 0) is 14.0 Å². The van der Waals surface area contributed by atoms with Crippen molar-refractivity contribution in [2.24, 2.45) is 0 Å². The minimum atomic E-state index is -0.593. The van der Waals surface area contributed by atoms with Gasteiger partial charge in [0, 0.05) is 11.2 Å². The summed E-state index contributed by atoms with van der Waals surface area (Å²) in [6.07, 6.45) is 0. The fourth-order valence-corrected chi connectivity index (χ4v) is 2.09. The van der Waals surface area contributed by atoms with Crippen molar-refractivity contribution in [3.05, 3.63) is 23.8 Å². The molecule has 1 saturated heterocycles. The zero-order valence-corrected chi connectivity index (χ0v) is 13.2. The number of benzene rings is 1. The lowest BCUT2D eigenvalue weighted by Gasteiger charge is -2.32. The van der Waals surface area contributed by atoms with Gasteiger partial charge in [0.25, 0.3) is 0 Å². The van der Waals surface area contributed by atoms with Crippen LogP contribution in [0, 0.1) is 0 Å². The first-order chi connectivity index (χ1) is 9.68. The maximum atomic E-state index is 11.8. The van der Waals surface area contributed by atoms with E-state index in [0.29, 0.717) is 23.3 Å². The molecule has 21 heavy (non-hydrogen) atoms. The van der Waals surface area contributed by atoms with Crippen molar-refractivity contribution in [3.8, 4) is 0 Å². The normalized spacial score (nSPS) is 19.6. The van der Waals surface area contributed by atoms with Crippen molar-refractivity contribution in [2.45, 2.75) is 45.8 Å². The van der Waals surface area contributed by atoms with E-state index in [-0.39, 0.29) is 5.97 Å². The summed E-state index contributed by atoms with van der Waals surface area (Å²) in [4.78, 5) is 11.8.